The fourth-order valence-corrected chi connectivity index (χ4v) is 3.76. The molecule has 1 aliphatic heterocycles. The average molecular weight is 491 g/mol. The SMILES string of the molecule is CCc1nn(C)c(OC)c1CN=C(N)N1CCN(c2nccs2)CC1.I. The van der Waals surface area contributed by atoms with Gasteiger partial charge in [-0.2, -0.15) is 5.10 Å². The number of methoxy groups -OCH3 is 1. The third kappa shape index (κ3) is 4.40. The van der Waals surface area contributed by atoms with Crippen molar-refractivity contribution in [2.45, 2.75) is 19.9 Å². The Morgan fingerprint density at radius 1 is 1.35 bits per heavy atom. The Kier molecular flexibility index (Phi) is 7.50. The highest BCUT2D eigenvalue weighted by Gasteiger charge is 2.20. The van der Waals surface area contributed by atoms with Crippen LogP contribution in [-0.4, -0.2) is 58.9 Å². The van der Waals surface area contributed by atoms with Crippen LogP contribution in [0, 0.1) is 0 Å². The summed E-state index contributed by atoms with van der Waals surface area (Å²) in [4.78, 5) is 13.4. The van der Waals surface area contributed by atoms with Crippen LogP contribution in [0.3, 0.4) is 0 Å². The molecule has 3 heterocycles. The predicted molar refractivity (Wildman–Crippen MR) is 116 cm³/mol. The van der Waals surface area contributed by atoms with E-state index in [2.05, 4.69) is 31.8 Å². The van der Waals surface area contributed by atoms with Gasteiger partial charge in [-0.3, -0.25) is 0 Å². The molecule has 8 nitrogen and oxygen atoms in total. The second kappa shape index (κ2) is 9.40. The Balaban J connectivity index is 0.00000243. The number of hydrogen-bond acceptors (Lipinski definition) is 6. The molecule has 26 heavy (non-hydrogen) atoms. The van der Waals surface area contributed by atoms with Crippen molar-refractivity contribution in [3.05, 3.63) is 22.8 Å². The first kappa shape index (κ1) is 20.7. The summed E-state index contributed by atoms with van der Waals surface area (Å²) < 4.78 is 7.21. The lowest BCUT2D eigenvalue weighted by Gasteiger charge is -2.35. The summed E-state index contributed by atoms with van der Waals surface area (Å²) in [5, 5.41) is 7.56. The number of ether oxygens (including phenoxy) is 1. The number of hydrogen-bond donors (Lipinski definition) is 1. The Bertz CT molecular complexity index is 723. The van der Waals surface area contributed by atoms with E-state index < -0.39 is 0 Å². The van der Waals surface area contributed by atoms with Gasteiger partial charge in [-0.1, -0.05) is 6.92 Å². The van der Waals surface area contributed by atoms with Gasteiger partial charge in [-0.25, -0.2) is 14.7 Å². The Morgan fingerprint density at radius 2 is 2.08 bits per heavy atom. The van der Waals surface area contributed by atoms with Crippen molar-refractivity contribution < 1.29 is 4.74 Å². The lowest BCUT2D eigenvalue weighted by Crippen LogP contribution is -2.51. The maximum atomic E-state index is 6.23. The quantitative estimate of drug-likeness (QED) is 0.390. The number of piperazine rings is 1. The number of halogens is 1. The molecule has 0 aliphatic carbocycles. The summed E-state index contributed by atoms with van der Waals surface area (Å²) in [6, 6.07) is 0. The molecule has 0 bridgehead atoms. The Labute approximate surface area is 175 Å². The standard InChI is InChI=1S/C16H25N7OS.HI/c1-4-13-12(14(24-3)21(2)20-13)11-19-15(17)22-6-8-23(9-7-22)16-18-5-10-25-16;/h5,10H,4,6-9,11H2,1-3H3,(H2,17,19);1H. The van der Waals surface area contributed by atoms with Crippen LogP contribution in [0.25, 0.3) is 0 Å². The van der Waals surface area contributed by atoms with Crippen molar-refractivity contribution in [2.75, 3.05) is 38.2 Å². The van der Waals surface area contributed by atoms with E-state index in [1.54, 1.807) is 23.1 Å². The summed E-state index contributed by atoms with van der Waals surface area (Å²) >= 11 is 1.67. The van der Waals surface area contributed by atoms with Gasteiger partial charge in [0.2, 0.25) is 5.88 Å². The van der Waals surface area contributed by atoms with Crippen LogP contribution in [0.2, 0.25) is 0 Å². The molecular weight excluding hydrogens is 465 g/mol. The molecule has 0 saturated carbocycles. The predicted octanol–water partition coefficient (Wildman–Crippen LogP) is 1.70. The fourth-order valence-electron chi connectivity index (χ4n) is 3.06. The summed E-state index contributed by atoms with van der Waals surface area (Å²) in [7, 11) is 3.54. The maximum Gasteiger partial charge on any atom is 0.216 e. The van der Waals surface area contributed by atoms with E-state index in [1.807, 2.05) is 18.6 Å². The van der Waals surface area contributed by atoms with Crippen molar-refractivity contribution in [2.24, 2.45) is 17.8 Å². The van der Waals surface area contributed by atoms with Gasteiger partial charge in [0.1, 0.15) is 0 Å². The molecule has 0 atom stereocenters. The average Bonchev–Trinajstić information content (AvgIpc) is 3.27. The molecule has 1 fully saturated rings. The Hall–Kier alpha value is -1.56. The molecule has 0 aromatic carbocycles. The molecule has 1 saturated heterocycles. The van der Waals surface area contributed by atoms with Gasteiger partial charge in [-0.15, -0.1) is 35.3 Å². The fraction of sp³-hybridized carbons (Fsp3) is 0.562. The minimum Gasteiger partial charge on any atom is -0.481 e. The van der Waals surface area contributed by atoms with E-state index in [9.17, 15) is 0 Å². The summed E-state index contributed by atoms with van der Waals surface area (Å²) in [6.45, 7) is 6.06. The van der Waals surface area contributed by atoms with Gasteiger partial charge in [0.25, 0.3) is 0 Å². The van der Waals surface area contributed by atoms with Crippen molar-refractivity contribution in [1.29, 1.82) is 0 Å². The third-order valence-electron chi connectivity index (χ3n) is 4.39. The van der Waals surface area contributed by atoms with Gasteiger partial charge in [-0.05, 0) is 6.42 Å². The van der Waals surface area contributed by atoms with Crippen LogP contribution in [0.1, 0.15) is 18.2 Å². The zero-order chi connectivity index (χ0) is 17.8. The van der Waals surface area contributed by atoms with Crippen molar-refractivity contribution >= 4 is 46.4 Å². The number of anilines is 1. The van der Waals surface area contributed by atoms with Crippen LogP contribution < -0.4 is 15.4 Å². The second-order valence-corrected chi connectivity index (χ2v) is 6.75. The normalized spacial score (nSPS) is 15.1. The molecule has 0 unspecified atom stereocenters. The van der Waals surface area contributed by atoms with Gasteiger partial charge >= 0.3 is 0 Å². The van der Waals surface area contributed by atoms with Gasteiger partial charge in [0.05, 0.1) is 24.9 Å². The van der Waals surface area contributed by atoms with Crippen molar-refractivity contribution in [3.63, 3.8) is 0 Å². The summed E-state index contributed by atoms with van der Waals surface area (Å²) in [5.41, 5.74) is 8.24. The van der Waals surface area contributed by atoms with Crippen molar-refractivity contribution in [3.8, 4) is 5.88 Å². The van der Waals surface area contributed by atoms with Crippen LogP contribution >= 0.6 is 35.3 Å². The first-order chi connectivity index (χ1) is 12.1. The van der Waals surface area contributed by atoms with E-state index >= 15 is 0 Å². The molecule has 0 amide bonds. The molecule has 0 spiro atoms. The lowest BCUT2D eigenvalue weighted by atomic mass is 10.2. The van der Waals surface area contributed by atoms with E-state index in [0.29, 0.717) is 12.5 Å². The molecule has 10 heteroatoms. The molecular formula is C16H26IN7OS. The van der Waals surface area contributed by atoms with E-state index in [4.69, 9.17) is 10.5 Å². The maximum absolute atomic E-state index is 6.23. The molecule has 1 aliphatic rings. The number of thiazole rings is 1. The zero-order valence-corrected chi connectivity index (χ0v) is 18.5. The summed E-state index contributed by atoms with van der Waals surface area (Å²) in [6.07, 6.45) is 2.68. The number of guanidine groups is 1. The van der Waals surface area contributed by atoms with Crippen LogP contribution in [0.4, 0.5) is 5.13 Å². The molecule has 3 rings (SSSR count). The van der Waals surface area contributed by atoms with Crippen LogP contribution in [-0.2, 0) is 20.0 Å². The number of rotatable bonds is 5. The molecule has 2 aromatic rings. The highest BCUT2D eigenvalue weighted by molar-refractivity contribution is 14.0. The van der Waals surface area contributed by atoms with Crippen LogP contribution in [0.15, 0.2) is 16.6 Å². The highest BCUT2D eigenvalue weighted by Crippen LogP contribution is 2.23. The van der Waals surface area contributed by atoms with E-state index in [0.717, 1.165) is 54.9 Å². The first-order valence-corrected chi connectivity index (χ1v) is 9.30. The minimum absolute atomic E-state index is 0. The molecule has 0 radical (unpaired) electrons. The van der Waals surface area contributed by atoms with Gasteiger partial charge < -0.3 is 20.3 Å². The summed E-state index contributed by atoms with van der Waals surface area (Å²) in [5.74, 6) is 1.33. The van der Waals surface area contributed by atoms with E-state index in [-0.39, 0.29) is 24.0 Å². The lowest BCUT2D eigenvalue weighted by molar-refractivity contribution is 0.368. The third-order valence-corrected chi connectivity index (χ3v) is 5.22. The largest absolute Gasteiger partial charge is 0.481 e. The van der Waals surface area contributed by atoms with Gasteiger partial charge in [0, 0.05) is 44.8 Å². The topological polar surface area (TPSA) is 84.8 Å². The van der Waals surface area contributed by atoms with E-state index in [1.165, 1.54) is 0 Å². The molecule has 2 aromatic heterocycles. The number of nitrogens with two attached hydrogens (primary N) is 1. The van der Waals surface area contributed by atoms with Crippen molar-refractivity contribution in [1.82, 2.24) is 19.7 Å². The second-order valence-electron chi connectivity index (χ2n) is 5.87. The molecule has 144 valence electrons. The first-order valence-electron chi connectivity index (χ1n) is 8.42. The number of aromatic nitrogens is 3. The number of nitrogens with zero attached hydrogens (tertiary/aromatic N) is 6. The van der Waals surface area contributed by atoms with Crippen LogP contribution in [0.5, 0.6) is 5.88 Å². The number of aliphatic imine (C=N–C) groups is 1. The van der Waals surface area contributed by atoms with Gasteiger partial charge in [0.15, 0.2) is 11.1 Å². The highest BCUT2D eigenvalue weighted by atomic mass is 127. The molecule has 2 N–H and O–H groups in total. The monoisotopic (exact) mass is 491 g/mol. The zero-order valence-electron chi connectivity index (χ0n) is 15.4. The number of aryl methyl sites for hydroxylation is 2. The smallest absolute Gasteiger partial charge is 0.216 e. The minimum atomic E-state index is 0. The Morgan fingerprint density at radius 3 is 2.65 bits per heavy atom.